The maximum Gasteiger partial charge on any atom is 0.165 e. The summed E-state index contributed by atoms with van der Waals surface area (Å²) in [6, 6.07) is 19.1. The van der Waals surface area contributed by atoms with E-state index in [2.05, 4.69) is 6.92 Å². The van der Waals surface area contributed by atoms with Crippen LogP contribution < -0.4 is 18.9 Å². The Kier molecular flexibility index (Phi) is 5.21. The Morgan fingerprint density at radius 1 is 0.897 bits per heavy atom. The minimum atomic E-state index is -0.187. The summed E-state index contributed by atoms with van der Waals surface area (Å²) in [6.07, 6.45) is -0.187. The molecule has 150 valence electrons. The molecule has 29 heavy (non-hydrogen) atoms. The summed E-state index contributed by atoms with van der Waals surface area (Å²) in [7, 11) is 3.23. The van der Waals surface area contributed by atoms with Crippen LogP contribution in [-0.4, -0.2) is 19.3 Å². The van der Waals surface area contributed by atoms with Gasteiger partial charge in [0, 0.05) is 17.5 Å². The molecular weight excluding hydrogens is 368 g/mol. The van der Waals surface area contributed by atoms with Crippen LogP contribution >= 0.6 is 0 Å². The highest BCUT2D eigenvalue weighted by molar-refractivity contribution is 5.55. The molecule has 0 spiro atoms. The van der Waals surface area contributed by atoms with Crippen LogP contribution in [-0.2, 0) is 6.61 Å². The van der Waals surface area contributed by atoms with Gasteiger partial charge in [0.05, 0.1) is 14.2 Å². The molecular formula is C24H24O5. The van der Waals surface area contributed by atoms with Crippen LogP contribution in [0.2, 0.25) is 0 Å². The Hall–Kier alpha value is -3.34. The Labute approximate surface area is 170 Å². The quantitative estimate of drug-likeness (QED) is 0.623. The van der Waals surface area contributed by atoms with Crippen LogP contribution in [0.4, 0.5) is 0 Å². The molecule has 0 amide bonds. The number of aromatic hydroxyl groups is 1. The van der Waals surface area contributed by atoms with Gasteiger partial charge in [-0.1, -0.05) is 43.3 Å². The number of benzene rings is 3. The molecule has 2 atom stereocenters. The molecule has 0 radical (unpaired) electrons. The molecule has 0 unspecified atom stereocenters. The van der Waals surface area contributed by atoms with E-state index in [0.29, 0.717) is 23.9 Å². The Morgan fingerprint density at radius 2 is 1.66 bits per heavy atom. The Balaban J connectivity index is 1.57. The second-order valence-corrected chi connectivity index (χ2v) is 7.07. The van der Waals surface area contributed by atoms with E-state index in [9.17, 15) is 5.11 Å². The molecule has 1 N–H and O–H groups in total. The molecule has 5 heteroatoms. The molecule has 4 rings (SSSR count). The normalized spacial score (nSPS) is 17.3. The van der Waals surface area contributed by atoms with Gasteiger partial charge in [0.2, 0.25) is 0 Å². The van der Waals surface area contributed by atoms with Crippen molar-refractivity contribution in [2.75, 3.05) is 14.2 Å². The van der Waals surface area contributed by atoms with Gasteiger partial charge >= 0.3 is 0 Å². The van der Waals surface area contributed by atoms with E-state index in [-0.39, 0.29) is 17.8 Å². The maximum atomic E-state index is 10.5. The average molecular weight is 392 g/mol. The third-order valence-electron chi connectivity index (χ3n) is 5.26. The molecule has 0 saturated carbocycles. The molecule has 3 aromatic carbocycles. The van der Waals surface area contributed by atoms with Gasteiger partial charge in [0.15, 0.2) is 23.0 Å². The predicted molar refractivity (Wildman–Crippen MR) is 110 cm³/mol. The monoisotopic (exact) mass is 392 g/mol. The number of hydrogen-bond acceptors (Lipinski definition) is 5. The van der Waals surface area contributed by atoms with Gasteiger partial charge in [-0.3, -0.25) is 0 Å². The zero-order valence-corrected chi connectivity index (χ0v) is 16.7. The summed E-state index contributed by atoms with van der Waals surface area (Å²) in [6.45, 7) is 2.46. The smallest absolute Gasteiger partial charge is 0.165 e. The van der Waals surface area contributed by atoms with Gasteiger partial charge in [-0.05, 0) is 29.3 Å². The van der Waals surface area contributed by atoms with E-state index in [4.69, 9.17) is 18.9 Å². The minimum Gasteiger partial charge on any atom is -0.504 e. The summed E-state index contributed by atoms with van der Waals surface area (Å²) in [5, 5.41) is 10.5. The highest BCUT2D eigenvalue weighted by Gasteiger charge is 2.34. The summed E-state index contributed by atoms with van der Waals surface area (Å²) < 4.78 is 22.8. The molecule has 0 fully saturated rings. The van der Waals surface area contributed by atoms with Crippen LogP contribution in [0.1, 0.15) is 35.6 Å². The van der Waals surface area contributed by atoms with Crippen LogP contribution in [0.5, 0.6) is 28.7 Å². The fourth-order valence-electron chi connectivity index (χ4n) is 3.66. The van der Waals surface area contributed by atoms with Crippen molar-refractivity contribution in [3.8, 4) is 28.7 Å². The van der Waals surface area contributed by atoms with Crippen molar-refractivity contribution in [3.63, 3.8) is 0 Å². The summed E-state index contributed by atoms with van der Waals surface area (Å²) in [4.78, 5) is 0. The van der Waals surface area contributed by atoms with Crippen LogP contribution in [0.15, 0.2) is 60.7 Å². The number of methoxy groups -OCH3 is 2. The first-order valence-corrected chi connectivity index (χ1v) is 9.53. The van der Waals surface area contributed by atoms with Crippen LogP contribution in [0.3, 0.4) is 0 Å². The fraction of sp³-hybridized carbons (Fsp3) is 0.250. The van der Waals surface area contributed by atoms with Crippen molar-refractivity contribution in [1.82, 2.24) is 0 Å². The molecule has 1 heterocycles. The lowest BCUT2D eigenvalue weighted by atomic mass is 9.92. The van der Waals surface area contributed by atoms with Crippen molar-refractivity contribution < 1.29 is 24.1 Å². The Bertz CT molecular complexity index is 1000. The number of hydrogen-bond donors (Lipinski definition) is 1. The van der Waals surface area contributed by atoms with Gasteiger partial charge in [-0.25, -0.2) is 0 Å². The van der Waals surface area contributed by atoms with E-state index in [0.717, 1.165) is 22.4 Å². The van der Waals surface area contributed by atoms with Crippen LogP contribution in [0.25, 0.3) is 0 Å². The second-order valence-electron chi connectivity index (χ2n) is 7.07. The lowest BCUT2D eigenvalue weighted by Gasteiger charge is -2.17. The standard InChI is InChI=1S/C24H24O5/c1-15-18-12-19(25)22(28-14-16-7-5-4-6-8-16)13-21(18)29-24(15)17-9-10-20(26-2)23(11-17)27-3/h4-13,15,24-25H,14H2,1-3H3/t15-,24-/m1/s1. The average Bonchev–Trinajstić information content (AvgIpc) is 3.07. The lowest BCUT2D eigenvalue weighted by molar-refractivity contribution is 0.213. The molecule has 1 aliphatic heterocycles. The minimum absolute atomic E-state index is 0.0668. The zero-order valence-electron chi connectivity index (χ0n) is 16.7. The maximum absolute atomic E-state index is 10.5. The summed E-state index contributed by atoms with van der Waals surface area (Å²) >= 11 is 0. The van der Waals surface area contributed by atoms with Gasteiger partial charge in [0.1, 0.15) is 18.5 Å². The van der Waals surface area contributed by atoms with Gasteiger partial charge in [0.25, 0.3) is 0 Å². The number of ether oxygens (including phenoxy) is 4. The number of fused-ring (bicyclic) bond motifs is 1. The van der Waals surface area contributed by atoms with Gasteiger partial charge < -0.3 is 24.1 Å². The third kappa shape index (κ3) is 3.68. The third-order valence-corrected chi connectivity index (χ3v) is 5.26. The number of rotatable bonds is 6. The van der Waals surface area contributed by atoms with Crippen molar-refractivity contribution in [2.24, 2.45) is 0 Å². The fourth-order valence-corrected chi connectivity index (χ4v) is 3.66. The molecule has 1 aliphatic rings. The van der Waals surface area contributed by atoms with Crippen molar-refractivity contribution in [3.05, 3.63) is 77.4 Å². The molecule has 0 saturated heterocycles. The van der Waals surface area contributed by atoms with Crippen molar-refractivity contribution >= 4 is 0 Å². The predicted octanol–water partition coefficient (Wildman–Crippen LogP) is 5.23. The highest BCUT2D eigenvalue weighted by atomic mass is 16.5. The number of phenolic OH excluding ortho intramolecular Hbond substituents is 1. The zero-order chi connectivity index (χ0) is 20.4. The van der Waals surface area contributed by atoms with E-state index in [1.807, 2.05) is 48.5 Å². The molecule has 0 aromatic heterocycles. The molecule has 0 bridgehead atoms. The largest absolute Gasteiger partial charge is 0.504 e. The lowest BCUT2D eigenvalue weighted by Crippen LogP contribution is -2.07. The molecule has 0 aliphatic carbocycles. The van der Waals surface area contributed by atoms with E-state index in [1.165, 1.54) is 0 Å². The van der Waals surface area contributed by atoms with E-state index >= 15 is 0 Å². The number of phenols is 1. The highest BCUT2D eigenvalue weighted by Crippen LogP contribution is 2.50. The molecule has 5 nitrogen and oxygen atoms in total. The SMILES string of the molecule is COc1ccc([C@@H]2Oc3cc(OCc4ccccc4)c(O)cc3[C@H]2C)cc1OC. The first kappa shape index (κ1) is 19.0. The van der Waals surface area contributed by atoms with Crippen molar-refractivity contribution in [2.45, 2.75) is 25.6 Å². The van der Waals surface area contributed by atoms with E-state index < -0.39 is 0 Å². The van der Waals surface area contributed by atoms with Gasteiger partial charge in [-0.15, -0.1) is 0 Å². The first-order valence-electron chi connectivity index (χ1n) is 9.53. The Morgan fingerprint density at radius 3 is 2.38 bits per heavy atom. The second kappa shape index (κ2) is 7.95. The molecule has 3 aromatic rings. The first-order chi connectivity index (χ1) is 14.1. The van der Waals surface area contributed by atoms with Crippen LogP contribution in [0, 0.1) is 0 Å². The topological polar surface area (TPSA) is 57.2 Å². The summed E-state index contributed by atoms with van der Waals surface area (Å²) in [5.74, 6) is 2.64. The van der Waals surface area contributed by atoms with Gasteiger partial charge in [-0.2, -0.15) is 0 Å². The van der Waals surface area contributed by atoms with E-state index in [1.54, 1.807) is 26.4 Å². The van der Waals surface area contributed by atoms with Crippen molar-refractivity contribution in [1.29, 1.82) is 0 Å². The summed E-state index contributed by atoms with van der Waals surface area (Å²) in [5.41, 5.74) is 2.97.